The van der Waals surface area contributed by atoms with E-state index in [0.29, 0.717) is 17.3 Å². The second-order valence-electron chi connectivity index (χ2n) is 18.6. The average molecular weight is 829 g/mol. The summed E-state index contributed by atoms with van der Waals surface area (Å²) in [5.74, 6) is 1.05. The normalized spacial score (nSPS) is 39.3. The summed E-state index contributed by atoms with van der Waals surface area (Å²) in [5, 5.41) is 0. The van der Waals surface area contributed by atoms with Crippen molar-refractivity contribution in [1.82, 2.24) is 0 Å². The first kappa shape index (κ1) is 45.9. The average Bonchev–Trinajstić information content (AvgIpc) is 3.65. The molecule has 1 aromatic carbocycles. The van der Waals surface area contributed by atoms with Crippen LogP contribution in [0.2, 0.25) is 0 Å². The van der Waals surface area contributed by atoms with E-state index in [4.69, 9.17) is 0 Å². The first-order chi connectivity index (χ1) is 23.7. The van der Waals surface area contributed by atoms with Crippen LogP contribution in [0.15, 0.2) is 120 Å². The Balaban J connectivity index is 0.000000262. The summed E-state index contributed by atoms with van der Waals surface area (Å²) in [5.41, 5.74) is 4.86. The van der Waals surface area contributed by atoms with Gasteiger partial charge in [0.2, 0.25) is 0 Å². The van der Waals surface area contributed by atoms with Crippen LogP contribution >= 0.6 is 0 Å². The molecule has 0 aromatic heterocycles. The van der Waals surface area contributed by atoms with E-state index in [1.54, 1.807) is 0 Å². The van der Waals surface area contributed by atoms with Crippen LogP contribution in [0.5, 0.6) is 0 Å². The van der Waals surface area contributed by atoms with Crippen molar-refractivity contribution >= 4 is 3.21 Å². The summed E-state index contributed by atoms with van der Waals surface area (Å²) >= 11 is 1.51. The molecule has 2 fully saturated rings. The van der Waals surface area contributed by atoms with E-state index < -0.39 is 0 Å². The van der Waals surface area contributed by atoms with Crippen LogP contribution in [0.1, 0.15) is 115 Å². The van der Waals surface area contributed by atoms with Gasteiger partial charge in [0, 0.05) is 10.8 Å². The van der Waals surface area contributed by atoms with Gasteiger partial charge in [-0.05, 0) is 28.6 Å². The minimum Gasteiger partial charge on any atom is -1.00 e. The van der Waals surface area contributed by atoms with E-state index in [2.05, 4.69) is 206 Å². The molecule has 1 aromatic rings. The third kappa shape index (κ3) is 6.66. The van der Waals surface area contributed by atoms with Crippen molar-refractivity contribution in [3.8, 4) is 0 Å². The third-order valence-electron chi connectivity index (χ3n) is 15.8. The molecule has 0 spiro atoms. The smallest absolute Gasteiger partial charge is 1.00 e. The van der Waals surface area contributed by atoms with Gasteiger partial charge in [0.05, 0.1) is 0 Å². The van der Waals surface area contributed by atoms with E-state index in [1.165, 1.54) is 63.4 Å². The molecule has 9 unspecified atom stereocenters. The number of rotatable bonds is 4. The first-order valence-electron chi connectivity index (χ1n) is 19.6. The van der Waals surface area contributed by atoms with Gasteiger partial charge in [-0.25, -0.2) is 6.08 Å². The zero-order chi connectivity index (χ0) is 37.7. The van der Waals surface area contributed by atoms with E-state index >= 15 is 0 Å². The Morgan fingerprint density at radius 3 is 1.81 bits per heavy atom. The number of unbranched alkanes of at least 4 members (excludes halogenated alkanes) is 1. The summed E-state index contributed by atoms with van der Waals surface area (Å²) < 4.78 is 1.46. The van der Waals surface area contributed by atoms with Crippen molar-refractivity contribution in [2.45, 2.75) is 109 Å². The standard InChI is InChI=1S/C29H37.C13H21.C8H8.2ClH.Zr/c1-21-14-13-15-22-20-27(6)25(4)18-10-9-16-23(25,2)24(3)17-11-12-19-26(24,5)29(27,8)28(21,22)7;1-5-6-7-11-8-9-12(10-11)13(2,3)4;1-2-8-6-4-3-5-7-8;;;/h9-20,22H,1-8H3;9-11H,5-7H2,1-4H3;3-7H,1H3;2*1H;/q2*-1;;;;+2/p-2. The van der Waals surface area contributed by atoms with Crippen LogP contribution in [0.3, 0.4) is 0 Å². The maximum atomic E-state index is 3.43. The molecule has 7 rings (SSSR count). The molecule has 53 heavy (non-hydrogen) atoms. The maximum Gasteiger partial charge on any atom is -1.00 e. The van der Waals surface area contributed by atoms with Crippen molar-refractivity contribution in [3.63, 3.8) is 0 Å². The molecular weight excluding hydrogens is 763 g/mol. The molecule has 0 heterocycles. The minimum absolute atomic E-state index is 0. The van der Waals surface area contributed by atoms with Gasteiger partial charge >= 0.3 is 70.3 Å². The van der Waals surface area contributed by atoms with Crippen molar-refractivity contribution in [3.05, 3.63) is 139 Å². The zero-order valence-electron chi connectivity index (χ0n) is 35.0. The van der Waals surface area contributed by atoms with E-state index in [0.717, 1.165) is 0 Å². The Labute approximate surface area is 352 Å². The summed E-state index contributed by atoms with van der Waals surface area (Å²) in [6, 6.07) is 10.5. The molecule has 286 valence electrons. The first-order valence-corrected chi connectivity index (χ1v) is 20.8. The quantitative estimate of drug-likeness (QED) is 0.275. The molecule has 9 atom stereocenters. The van der Waals surface area contributed by atoms with Crippen molar-refractivity contribution in [2.75, 3.05) is 0 Å². The van der Waals surface area contributed by atoms with Gasteiger partial charge in [0.25, 0.3) is 0 Å². The molecule has 0 saturated heterocycles. The molecule has 0 aliphatic heterocycles. The van der Waals surface area contributed by atoms with Crippen LogP contribution < -0.4 is 24.8 Å². The number of allylic oxidation sites excluding steroid dienone is 16. The van der Waals surface area contributed by atoms with Crippen LogP contribution in [-0.2, 0) is 24.2 Å². The van der Waals surface area contributed by atoms with Gasteiger partial charge in [0.1, 0.15) is 0 Å². The fraction of sp³-hybridized carbons (Fsp3) is 0.520. The van der Waals surface area contributed by atoms with Crippen molar-refractivity contribution < 1.29 is 49.0 Å². The fourth-order valence-electron chi connectivity index (χ4n) is 11.5. The molecule has 0 radical (unpaired) electrons. The molecule has 0 nitrogen and oxygen atoms in total. The van der Waals surface area contributed by atoms with Crippen LogP contribution in [-0.4, -0.2) is 3.21 Å². The predicted octanol–water partition coefficient (Wildman–Crippen LogP) is 7.57. The van der Waals surface area contributed by atoms with Gasteiger partial charge in [0.15, 0.2) is 0 Å². The van der Waals surface area contributed by atoms with Crippen molar-refractivity contribution in [2.24, 2.45) is 55.2 Å². The largest absolute Gasteiger partial charge is 1.00 e. The van der Waals surface area contributed by atoms with Crippen LogP contribution in [0.4, 0.5) is 0 Å². The van der Waals surface area contributed by atoms with E-state index in [1.807, 2.05) is 6.07 Å². The summed E-state index contributed by atoms with van der Waals surface area (Å²) in [7, 11) is 0. The predicted molar refractivity (Wildman–Crippen MR) is 219 cm³/mol. The van der Waals surface area contributed by atoms with E-state index in [9.17, 15) is 0 Å². The van der Waals surface area contributed by atoms with Gasteiger partial charge in [-0.1, -0.05) is 173 Å². The van der Waals surface area contributed by atoms with Crippen LogP contribution in [0.25, 0.3) is 0 Å². The number of fused-ring (bicyclic) bond motifs is 8. The summed E-state index contributed by atoms with van der Waals surface area (Å²) in [4.78, 5) is 0. The number of benzene rings is 1. The Kier molecular flexibility index (Phi) is 14.0. The van der Waals surface area contributed by atoms with Crippen molar-refractivity contribution in [1.29, 1.82) is 0 Å². The second kappa shape index (κ2) is 16.1. The fourth-order valence-corrected chi connectivity index (χ4v) is 11.9. The summed E-state index contributed by atoms with van der Waals surface area (Å²) in [6.45, 7) is 31.5. The number of halogens is 2. The van der Waals surface area contributed by atoms with Gasteiger partial charge in [-0.2, -0.15) is 11.6 Å². The monoisotopic (exact) mass is 826 g/mol. The molecule has 2 saturated carbocycles. The molecule has 0 N–H and O–H groups in total. The van der Waals surface area contributed by atoms with Crippen LogP contribution in [0, 0.1) is 67.7 Å². The minimum atomic E-state index is 0. The summed E-state index contributed by atoms with van der Waals surface area (Å²) in [6.07, 6.45) is 41.1. The zero-order valence-corrected chi connectivity index (χ0v) is 39.0. The van der Waals surface area contributed by atoms with Gasteiger partial charge in [-0.15, -0.1) is 17.4 Å². The Hall–Kier alpha value is -1.53. The second-order valence-corrected chi connectivity index (χ2v) is 20.5. The van der Waals surface area contributed by atoms with E-state index in [-0.39, 0.29) is 62.7 Å². The third-order valence-corrected chi connectivity index (χ3v) is 16.5. The van der Waals surface area contributed by atoms with Gasteiger partial charge in [-0.3, -0.25) is 6.08 Å². The molecule has 0 amide bonds. The van der Waals surface area contributed by atoms with Gasteiger partial charge < -0.3 is 31.2 Å². The Bertz CT molecular complexity index is 1750. The Morgan fingerprint density at radius 1 is 0.792 bits per heavy atom. The maximum absolute atomic E-state index is 3.43. The Morgan fingerprint density at radius 2 is 1.32 bits per heavy atom. The molecular formula is C50H66Cl2Zr-2. The number of hydrogen-bond acceptors (Lipinski definition) is 0. The number of hydrogen-bond donors (Lipinski definition) is 0. The molecule has 0 bridgehead atoms. The molecule has 6 aliphatic rings. The molecule has 3 heteroatoms. The molecule has 6 aliphatic carbocycles. The SMILES string of the molecule is CC1=CC=CC2[CH-]C3(C)C4(C)C=CC=CC4(C)C4(C)C=CC=CC4(C)C3(C)C12C.CCCCC1[C-]=CC(C(C)(C)C)=C1.C[C](=[Zr+2])c1ccccc1.[Cl-].[Cl-]. The topological polar surface area (TPSA) is 0 Å².